The Labute approximate surface area is 182 Å². The predicted molar refractivity (Wildman–Crippen MR) is 124 cm³/mol. The van der Waals surface area contributed by atoms with Crippen LogP contribution >= 0.6 is 0 Å². The number of ether oxygens (including phenoxy) is 1. The van der Waals surface area contributed by atoms with E-state index in [0.29, 0.717) is 12.0 Å². The average Bonchev–Trinajstić information content (AvgIpc) is 2.66. The third-order valence-electron chi connectivity index (χ3n) is 5.95. The molecule has 0 aromatic carbocycles. The summed E-state index contributed by atoms with van der Waals surface area (Å²) in [5, 5.41) is 22.1. The standard InChI is InChI=1S/C26H38O4/c1-20(12-8-9-15-22(3)23(27)30-7)13-10-14-21(2)16-19-26(29)24(4,5)17-11-18-25(26,6)28/h8-10,12-16,19,28-29H,11,17-18H2,1-7H3. The largest absolute Gasteiger partial charge is 0.466 e. The number of methoxy groups -OCH3 is 1. The van der Waals surface area contributed by atoms with Gasteiger partial charge in [-0.15, -0.1) is 0 Å². The van der Waals surface area contributed by atoms with Crippen molar-refractivity contribution in [2.45, 2.75) is 72.0 Å². The molecule has 4 nitrogen and oxygen atoms in total. The minimum Gasteiger partial charge on any atom is -0.466 e. The van der Waals surface area contributed by atoms with E-state index in [1.807, 2.05) is 64.2 Å². The quantitative estimate of drug-likeness (QED) is 0.334. The van der Waals surface area contributed by atoms with Crippen molar-refractivity contribution in [3.8, 4) is 0 Å². The topological polar surface area (TPSA) is 66.8 Å². The molecular weight excluding hydrogens is 376 g/mol. The highest BCUT2D eigenvalue weighted by Crippen LogP contribution is 2.50. The van der Waals surface area contributed by atoms with Gasteiger partial charge in [0.1, 0.15) is 5.60 Å². The fourth-order valence-electron chi connectivity index (χ4n) is 3.74. The van der Waals surface area contributed by atoms with Crippen LogP contribution in [0, 0.1) is 5.41 Å². The third-order valence-corrected chi connectivity index (χ3v) is 5.95. The summed E-state index contributed by atoms with van der Waals surface area (Å²) < 4.78 is 4.64. The highest BCUT2D eigenvalue weighted by atomic mass is 16.5. The molecule has 0 heterocycles. The van der Waals surface area contributed by atoms with E-state index in [2.05, 4.69) is 4.74 Å². The van der Waals surface area contributed by atoms with Gasteiger partial charge in [0.25, 0.3) is 0 Å². The zero-order valence-corrected chi connectivity index (χ0v) is 19.5. The summed E-state index contributed by atoms with van der Waals surface area (Å²) in [6.07, 6.45) is 19.2. The van der Waals surface area contributed by atoms with Crippen LogP contribution in [0.1, 0.15) is 60.8 Å². The van der Waals surface area contributed by atoms with Crippen molar-refractivity contribution in [1.82, 2.24) is 0 Å². The first-order chi connectivity index (χ1) is 13.9. The van der Waals surface area contributed by atoms with Gasteiger partial charge in [0.2, 0.25) is 0 Å². The van der Waals surface area contributed by atoms with Crippen molar-refractivity contribution < 1.29 is 19.7 Å². The van der Waals surface area contributed by atoms with Gasteiger partial charge in [0, 0.05) is 5.57 Å². The minimum atomic E-state index is -1.27. The van der Waals surface area contributed by atoms with Crippen LogP contribution in [-0.4, -0.2) is 34.5 Å². The highest BCUT2D eigenvalue weighted by molar-refractivity contribution is 5.87. The van der Waals surface area contributed by atoms with Crippen molar-refractivity contribution in [2.75, 3.05) is 7.11 Å². The summed E-state index contributed by atoms with van der Waals surface area (Å²) in [5.74, 6) is -0.336. The van der Waals surface area contributed by atoms with E-state index in [1.54, 1.807) is 32.1 Å². The Morgan fingerprint density at radius 2 is 1.43 bits per heavy atom. The van der Waals surface area contributed by atoms with Gasteiger partial charge in [0.05, 0.1) is 12.7 Å². The molecule has 4 heteroatoms. The lowest BCUT2D eigenvalue weighted by Crippen LogP contribution is -2.62. The van der Waals surface area contributed by atoms with Gasteiger partial charge < -0.3 is 14.9 Å². The van der Waals surface area contributed by atoms with Crippen LogP contribution in [-0.2, 0) is 9.53 Å². The molecule has 0 aliphatic heterocycles. The number of allylic oxidation sites excluding steroid dienone is 10. The smallest absolute Gasteiger partial charge is 0.333 e. The van der Waals surface area contributed by atoms with Crippen LogP contribution in [0.25, 0.3) is 0 Å². The maximum absolute atomic E-state index is 11.3. The molecule has 0 aromatic heterocycles. The first kappa shape index (κ1) is 25.9. The van der Waals surface area contributed by atoms with Crippen molar-refractivity contribution in [1.29, 1.82) is 0 Å². The maximum Gasteiger partial charge on any atom is 0.333 e. The summed E-state index contributed by atoms with van der Waals surface area (Å²) in [6.45, 7) is 11.4. The molecule has 0 aromatic rings. The molecule has 2 N–H and O–H groups in total. The molecule has 30 heavy (non-hydrogen) atoms. The SMILES string of the molecule is COC(=O)C(C)=CC=CC=C(C)C=CC=C(C)C=CC1(O)C(C)(C)CCCC1(C)O. The van der Waals surface area contributed by atoms with Crippen LogP contribution in [0.15, 0.2) is 71.4 Å². The normalized spacial score (nSPS) is 28.6. The second-order valence-corrected chi connectivity index (χ2v) is 9.02. The van der Waals surface area contributed by atoms with E-state index in [4.69, 9.17) is 0 Å². The molecule has 0 saturated heterocycles. The molecule has 1 fully saturated rings. The summed E-state index contributed by atoms with van der Waals surface area (Å²) in [4.78, 5) is 11.3. The molecule has 1 saturated carbocycles. The molecule has 0 bridgehead atoms. The Kier molecular flexibility index (Phi) is 9.26. The van der Waals surface area contributed by atoms with Crippen LogP contribution < -0.4 is 0 Å². The molecule has 0 radical (unpaired) electrons. The number of rotatable bonds is 7. The fourth-order valence-corrected chi connectivity index (χ4v) is 3.74. The van der Waals surface area contributed by atoms with Crippen LogP contribution in [0.2, 0.25) is 0 Å². The van der Waals surface area contributed by atoms with Crippen LogP contribution in [0.4, 0.5) is 0 Å². The molecule has 0 spiro atoms. The first-order valence-electron chi connectivity index (χ1n) is 10.5. The zero-order valence-electron chi connectivity index (χ0n) is 19.5. The summed E-state index contributed by atoms with van der Waals surface area (Å²) >= 11 is 0. The molecule has 2 unspecified atom stereocenters. The van der Waals surface area contributed by atoms with E-state index in [1.165, 1.54) is 7.11 Å². The molecule has 1 aliphatic rings. The van der Waals surface area contributed by atoms with Gasteiger partial charge in [-0.3, -0.25) is 0 Å². The van der Waals surface area contributed by atoms with Gasteiger partial charge in [-0.25, -0.2) is 4.79 Å². The lowest BCUT2D eigenvalue weighted by atomic mass is 9.58. The second kappa shape index (κ2) is 10.7. The van der Waals surface area contributed by atoms with Gasteiger partial charge in [0.15, 0.2) is 0 Å². The number of hydrogen-bond acceptors (Lipinski definition) is 4. The van der Waals surface area contributed by atoms with Crippen molar-refractivity contribution >= 4 is 5.97 Å². The molecule has 2 atom stereocenters. The van der Waals surface area contributed by atoms with E-state index in [0.717, 1.165) is 24.0 Å². The molecular formula is C26H38O4. The van der Waals surface area contributed by atoms with Crippen molar-refractivity contribution in [3.63, 3.8) is 0 Å². The maximum atomic E-state index is 11.3. The predicted octanol–water partition coefficient (Wildman–Crippen LogP) is 5.36. The van der Waals surface area contributed by atoms with Gasteiger partial charge in [-0.1, -0.05) is 73.6 Å². The average molecular weight is 415 g/mol. The van der Waals surface area contributed by atoms with E-state index in [-0.39, 0.29) is 5.97 Å². The monoisotopic (exact) mass is 414 g/mol. The number of aliphatic hydroxyl groups is 2. The number of carbonyl (C=O) groups is 1. The van der Waals surface area contributed by atoms with Gasteiger partial charge in [-0.05, 0) is 58.4 Å². The molecule has 1 rings (SSSR count). The number of esters is 1. The van der Waals surface area contributed by atoms with Crippen molar-refractivity contribution in [2.24, 2.45) is 5.41 Å². The highest BCUT2D eigenvalue weighted by Gasteiger charge is 2.56. The van der Waals surface area contributed by atoms with Gasteiger partial charge in [-0.2, -0.15) is 0 Å². The molecule has 1 aliphatic carbocycles. The van der Waals surface area contributed by atoms with E-state index < -0.39 is 16.6 Å². The summed E-state index contributed by atoms with van der Waals surface area (Å²) in [6, 6.07) is 0. The Bertz CT molecular complexity index is 770. The van der Waals surface area contributed by atoms with E-state index in [9.17, 15) is 15.0 Å². The second-order valence-electron chi connectivity index (χ2n) is 9.02. The van der Waals surface area contributed by atoms with Crippen LogP contribution in [0.5, 0.6) is 0 Å². The lowest BCUT2D eigenvalue weighted by molar-refractivity contribution is -0.194. The molecule has 166 valence electrons. The number of hydrogen-bond donors (Lipinski definition) is 2. The Morgan fingerprint density at radius 1 is 0.867 bits per heavy atom. The number of carbonyl (C=O) groups excluding carboxylic acids is 1. The van der Waals surface area contributed by atoms with E-state index >= 15 is 0 Å². The summed E-state index contributed by atoms with van der Waals surface area (Å²) in [5.41, 5.74) is -0.229. The summed E-state index contributed by atoms with van der Waals surface area (Å²) in [7, 11) is 1.36. The first-order valence-corrected chi connectivity index (χ1v) is 10.5. The van der Waals surface area contributed by atoms with Gasteiger partial charge >= 0.3 is 5.97 Å². The zero-order chi connectivity index (χ0) is 23.0. The lowest BCUT2D eigenvalue weighted by Gasteiger charge is -2.53. The third kappa shape index (κ3) is 6.68. The fraction of sp³-hybridized carbons (Fsp3) is 0.500. The van der Waals surface area contributed by atoms with Crippen LogP contribution in [0.3, 0.4) is 0 Å². The minimum absolute atomic E-state index is 0.336. The Balaban J connectivity index is 2.80. The van der Waals surface area contributed by atoms with Crippen molar-refractivity contribution in [3.05, 3.63) is 71.4 Å². The molecule has 0 amide bonds. The Morgan fingerprint density at radius 3 is 2.03 bits per heavy atom. The Hall–Kier alpha value is -2.17.